The number of aromatic nitrogens is 5. The molecule has 1 aliphatic carbocycles. The molecule has 1 aliphatic rings. The third-order valence-corrected chi connectivity index (χ3v) is 5.03. The summed E-state index contributed by atoms with van der Waals surface area (Å²) >= 11 is 0. The highest BCUT2D eigenvalue weighted by Crippen LogP contribution is 2.30. The van der Waals surface area contributed by atoms with Crippen molar-refractivity contribution in [2.24, 2.45) is 5.73 Å². The number of nitrogens with one attached hydrogen (secondary N) is 1. The summed E-state index contributed by atoms with van der Waals surface area (Å²) in [5.74, 6) is 1.18. The van der Waals surface area contributed by atoms with Gasteiger partial charge in [0.2, 0.25) is 11.8 Å². The Labute approximate surface area is 155 Å². The molecule has 0 amide bonds. The Morgan fingerprint density at radius 2 is 2.07 bits per heavy atom. The smallest absolute Gasteiger partial charge is 0.241 e. The number of hydrogen-bond donors (Lipinski definition) is 2. The molecule has 136 valence electrons. The summed E-state index contributed by atoms with van der Waals surface area (Å²) in [5, 5.41) is 8.77. The average Bonchev–Trinajstić information content (AvgIpc) is 3.09. The van der Waals surface area contributed by atoms with Crippen molar-refractivity contribution in [3.05, 3.63) is 43.0 Å². The number of methoxy groups -OCH3 is 1. The Morgan fingerprint density at radius 3 is 2.89 bits per heavy atom. The predicted molar refractivity (Wildman–Crippen MR) is 103 cm³/mol. The van der Waals surface area contributed by atoms with Crippen molar-refractivity contribution < 1.29 is 4.74 Å². The molecular formula is C19H19N7O. The molecule has 4 aromatic rings. The van der Waals surface area contributed by atoms with E-state index in [4.69, 9.17) is 10.5 Å². The second-order valence-electron chi connectivity index (χ2n) is 6.83. The van der Waals surface area contributed by atoms with Gasteiger partial charge < -0.3 is 15.8 Å². The third-order valence-electron chi connectivity index (χ3n) is 5.03. The van der Waals surface area contributed by atoms with Crippen LogP contribution >= 0.6 is 0 Å². The van der Waals surface area contributed by atoms with Crippen molar-refractivity contribution in [3.63, 3.8) is 0 Å². The third kappa shape index (κ3) is 2.74. The molecule has 0 spiro atoms. The van der Waals surface area contributed by atoms with Crippen LogP contribution in [-0.4, -0.2) is 43.8 Å². The van der Waals surface area contributed by atoms with Gasteiger partial charge in [-0.25, -0.2) is 19.5 Å². The SMILES string of the molecule is COc1ncnc2ccc(-c3ccn4nc(NC5CC(N)C5)ncc34)cc12. The average molecular weight is 361 g/mol. The number of anilines is 1. The molecule has 3 heterocycles. The molecule has 1 saturated carbocycles. The quantitative estimate of drug-likeness (QED) is 0.574. The first-order valence-corrected chi connectivity index (χ1v) is 8.87. The van der Waals surface area contributed by atoms with Crippen LogP contribution in [0.15, 0.2) is 43.0 Å². The molecule has 3 aromatic heterocycles. The molecule has 0 unspecified atom stereocenters. The van der Waals surface area contributed by atoms with E-state index in [-0.39, 0.29) is 0 Å². The largest absolute Gasteiger partial charge is 0.480 e. The zero-order valence-electron chi connectivity index (χ0n) is 14.8. The van der Waals surface area contributed by atoms with Gasteiger partial charge >= 0.3 is 0 Å². The second kappa shape index (κ2) is 6.17. The topological polar surface area (TPSA) is 103 Å². The highest BCUT2D eigenvalue weighted by Gasteiger charge is 2.26. The van der Waals surface area contributed by atoms with Crippen LogP contribution in [0.1, 0.15) is 12.8 Å². The van der Waals surface area contributed by atoms with E-state index >= 15 is 0 Å². The van der Waals surface area contributed by atoms with E-state index in [1.54, 1.807) is 7.11 Å². The minimum absolute atomic E-state index is 0.290. The zero-order valence-corrected chi connectivity index (χ0v) is 14.8. The maximum absolute atomic E-state index is 5.84. The van der Waals surface area contributed by atoms with Gasteiger partial charge in [-0.15, -0.1) is 5.10 Å². The minimum Gasteiger partial charge on any atom is -0.480 e. The first-order chi connectivity index (χ1) is 13.2. The van der Waals surface area contributed by atoms with Crippen LogP contribution in [0.3, 0.4) is 0 Å². The fourth-order valence-electron chi connectivity index (χ4n) is 3.54. The van der Waals surface area contributed by atoms with E-state index in [2.05, 4.69) is 25.4 Å². The van der Waals surface area contributed by atoms with E-state index in [9.17, 15) is 0 Å². The number of nitrogens with two attached hydrogens (primary N) is 1. The van der Waals surface area contributed by atoms with Crippen molar-refractivity contribution in [2.45, 2.75) is 24.9 Å². The fraction of sp³-hybridized carbons (Fsp3) is 0.263. The Hall–Kier alpha value is -3.26. The molecule has 0 radical (unpaired) electrons. The Bertz CT molecular complexity index is 1130. The lowest BCUT2D eigenvalue weighted by atomic mass is 9.88. The molecule has 0 saturated heterocycles. The number of fused-ring (bicyclic) bond motifs is 2. The summed E-state index contributed by atoms with van der Waals surface area (Å²) in [5.41, 5.74) is 9.69. The lowest BCUT2D eigenvalue weighted by molar-refractivity contribution is 0.371. The summed E-state index contributed by atoms with van der Waals surface area (Å²) < 4.78 is 7.20. The number of ether oxygens (including phenoxy) is 1. The summed E-state index contributed by atoms with van der Waals surface area (Å²) in [7, 11) is 1.61. The molecule has 1 fully saturated rings. The summed E-state index contributed by atoms with van der Waals surface area (Å²) in [6, 6.07) is 8.72. The van der Waals surface area contributed by atoms with Gasteiger partial charge in [0.05, 0.1) is 29.7 Å². The normalized spacial score (nSPS) is 19.2. The molecule has 0 aliphatic heterocycles. The fourth-order valence-corrected chi connectivity index (χ4v) is 3.54. The van der Waals surface area contributed by atoms with Gasteiger partial charge in [-0.05, 0) is 36.6 Å². The minimum atomic E-state index is 0.290. The molecule has 5 rings (SSSR count). The first kappa shape index (κ1) is 16.0. The Balaban J connectivity index is 1.52. The van der Waals surface area contributed by atoms with Crippen molar-refractivity contribution in [2.75, 3.05) is 12.4 Å². The van der Waals surface area contributed by atoms with Crippen LogP contribution in [-0.2, 0) is 0 Å². The lowest BCUT2D eigenvalue weighted by Crippen LogP contribution is -2.44. The number of rotatable bonds is 4. The van der Waals surface area contributed by atoms with Crippen LogP contribution in [0.25, 0.3) is 27.5 Å². The van der Waals surface area contributed by atoms with Crippen molar-refractivity contribution in [1.29, 1.82) is 0 Å². The van der Waals surface area contributed by atoms with E-state index in [1.165, 1.54) is 6.33 Å². The lowest BCUT2D eigenvalue weighted by Gasteiger charge is -2.32. The first-order valence-electron chi connectivity index (χ1n) is 8.87. The molecule has 3 N–H and O–H groups in total. The molecule has 8 heteroatoms. The number of benzene rings is 1. The van der Waals surface area contributed by atoms with E-state index in [0.717, 1.165) is 40.4 Å². The highest BCUT2D eigenvalue weighted by atomic mass is 16.5. The van der Waals surface area contributed by atoms with Gasteiger partial charge in [-0.2, -0.15) is 0 Å². The second-order valence-corrected chi connectivity index (χ2v) is 6.83. The number of nitrogens with zero attached hydrogens (tertiary/aromatic N) is 5. The molecule has 1 aromatic carbocycles. The van der Waals surface area contributed by atoms with Crippen LogP contribution in [0.4, 0.5) is 5.95 Å². The van der Waals surface area contributed by atoms with Crippen LogP contribution in [0.5, 0.6) is 5.88 Å². The monoisotopic (exact) mass is 361 g/mol. The van der Waals surface area contributed by atoms with Gasteiger partial charge in [-0.1, -0.05) is 6.07 Å². The molecular weight excluding hydrogens is 342 g/mol. The zero-order chi connectivity index (χ0) is 18.4. The van der Waals surface area contributed by atoms with Gasteiger partial charge in [0.15, 0.2) is 0 Å². The summed E-state index contributed by atoms with van der Waals surface area (Å²) in [6.45, 7) is 0. The summed E-state index contributed by atoms with van der Waals surface area (Å²) in [4.78, 5) is 13.0. The van der Waals surface area contributed by atoms with Crippen molar-refractivity contribution >= 4 is 22.4 Å². The van der Waals surface area contributed by atoms with Crippen LogP contribution < -0.4 is 15.8 Å². The standard InChI is InChI=1S/C19H19N7O/c1-27-18-15-6-11(2-3-16(15)22-10-23-18)14-4-5-26-17(14)9-21-19(25-26)24-13-7-12(20)8-13/h2-6,9-10,12-13H,7-8,20H2,1H3,(H,24,25). The number of hydrogen-bond acceptors (Lipinski definition) is 7. The van der Waals surface area contributed by atoms with Crippen LogP contribution in [0, 0.1) is 0 Å². The molecule has 0 atom stereocenters. The van der Waals surface area contributed by atoms with Gasteiger partial charge in [0.25, 0.3) is 0 Å². The maximum Gasteiger partial charge on any atom is 0.241 e. The van der Waals surface area contributed by atoms with E-state index in [0.29, 0.717) is 23.9 Å². The van der Waals surface area contributed by atoms with E-state index < -0.39 is 0 Å². The Kier molecular flexibility index (Phi) is 3.64. The predicted octanol–water partition coefficient (Wildman–Crippen LogP) is 2.25. The highest BCUT2D eigenvalue weighted by molar-refractivity contribution is 5.91. The molecule has 27 heavy (non-hydrogen) atoms. The van der Waals surface area contributed by atoms with Crippen molar-refractivity contribution in [1.82, 2.24) is 24.6 Å². The van der Waals surface area contributed by atoms with Crippen LogP contribution in [0.2, 0.25) is 0 Å². The van der Waals surface area contributed by atoms with Gasteiger partial charge in [0.1, 0.15) is 6.33 Å². The van der Waals surface area contributed by atoms with Crippen molar-refractivity contribution in [3.8, 4) is 17.0 Å². The van der Waals surface area contributed by atoms with Gasteiger partial charge in [-0.3, -0.25) is 0 Å². The maximum atomic E-state index is 5.84. The van der Waals surface area contributed by atoms with E-state index in [1.807, 2.05) is 41.2 Å². The van der Waals surface area contributed by atoms with Gasteiger partial charge in [0, 0.05) is 23.8 Å². The summed E-state index contributed by atoms with van der Waals surface area (Å²) in [6.07, 6.45) is 7.20. The molecule has 0 bridgehead atoms. The Morgan fingerprint density at radius 1 is 1.19 bits per heavy atom. The molecule has 8 nitrogen and oxygen atoms in total.